The van der Waals surface area contributed by atoms with Crippen LogP contribution in [0.5, 0.6) is 0 Å². The highest BCUT2D eigenvalue weighted by molar-refractivity contribution is 6.30. The van der Waals surface area contributed by atoms with Crippen LogP contribution in [0.25, 0.3) is 28.0 Å². The van der Waals surface area contributed by atoms with Gasteiger partial charge in [0.05, 0.1) is 11.3 Å². The number of aryl methyl sites for hydroxylation is 1. The van der Waals surface area contributed by atoms with Gasteiger partial charge in [0.1, 0.15) is 0 Å². The molecule has 0 fully saturated rings. The van der Waals surface area contributed by atoms with Gasteiger partial charge in [0.2, 0.25) is 0 Å². The molecular weight excluding hydrogens is 326 g/mol. The number of aromatic nitrogens is 5. The number of H-pyrrole nitrogens is 1. The van der Waals surface area contributed by atoms with Crippen LogP contribution in [0.3, 0.4) is 0 Å². The molecule has 0 aliphatic heterocycles. The number of benzene rings is 1. The smallest absolute Gasteiger partial charge is 0.282 e. The first-order valence-electron chi connectivity index (χ1n) is 7.56. The van der Waals surface area contributed by atoms with Crippen LogP contribution in [-0.2, 0) is 6.54 Å². The topological polar surface area (TPSA) is 68.0 Å². The maximum atomic E-state index is 12.8. The van der Waals surface area contributed by atoms with Gasteiger partial charge in [-0.25, -0.2) is 9.50 Å². The molecule has 0 bridgehead atoms. The average Bonchev–Trinajstić information content (AvgIpc) is 3.22. The Morgan fingerprint density at radius 2 is 2.12 bits per heavy atom. The van der Waals surface area contributed by atoms with E-state index >= 15 is 0 Å². The predicted octanol–water partition coefficient (Wildman–Crippen LogP) is 3.23. The van der Waals surface area contributed by atoms with Crippen LogP contribution in [0, 0.1) is 0 Å². The minimum absolute atomic E-state index is 0.186. The lowest BCUT2D eigenvalue weighted by atomic mass is 10.1. The Balaban J connectivity index is 1.88. The van der Waals surface area contributed by atoms with Crippen LogP contribution in [0.15, 0.2) is 53.7 Å². The SMILES string of the molecule is CCn1ccc(-c2cnc3c(-c4cccc(Cl)c4)c[nH]n3c2=O)n1. The fourth-order valence-electron chi connectivity index (χ4n) is 2.68. The zero-order valence-corrected chi connectivity index (χ0v) is 13.7. The van der Waals surface area contributed by atoms with Gasteiger partial charge in [-0.2, -0.15) is 5.10 Å². The fraction of sp³-hybridized carbons (Fsp3) is 0.118. The highest BCUT2D eigenvalue weighted by atomic mass is 35.5. The highest BCUT2D eigenvalue weighted by Crippen LogP contribution is 2.25. The summed E-state index contributed by atoms with van der Waals surface area (Å²) in [5.74, 6) is 0. The third kappa shape index (κ3) is 2.32. The summed E-state index contributed by atoms with van der Waals surface area (Å²) in [7, 11) is 0. The summed E-state index contributed by atoms with van der Waals surface area (Å²) in [4.78, 5) is 17.2. The zero-order valence-electron chi connectivity index (χ0n) is 12.9. The van der Waals surface area contributed by atoms with Crippen LogP contribution < -0.4 is 5.56 Å². The molecule has 3 heterocycles. The van der Waals surface area contributed by atoms with E-state index in [0.717, 1.165) is 17.7 Å². The average molecular weight is 340 g/mol. The van der Waals surface area contributed by atoms with Crippen molar-refractivity contribution in [2.24, 2.45) is 0 Å². The molecule has 3 aromatic heterocycles. The van der Waals surface area contributed by atoms with Gasteiger partial charge in [0.15, 0.2) is 5.65 Å². The van der Waals surface area contributed by atoms with E-state index in [1.165, 1.54) is 4.52 Å². The van der Waals surface area contributed by atoms with Crippen molar-refractivity contribution < 1.29 is 0 Å². The van der Waals surface area contributed by atoms with Crippen molar-refractivity contribution in [1.82, 2.24) is 24.4 Å². The van der Waals surface area contributed by atoms with E-state index in [1.54, 1.807) is 17.1 Å². The third-order valence-corrected chi connectivity index (χ3v) is 4.15. The van der Waals surface area contributed by atoms with Crippen LogP contribution in [-0.4, -0.2) is 24.4 Å². The van der Waals surface area contributed by atoms with Gasteiger partial charge in [-0.3, -0.25) is 14.6 Å². The molecule has 6 nitrogen and oxygen atoms in total. The van der Waals surface area contributed by atoms with Gasteiger partial charge in [0.25, 0.3) is 5.56 Å². The molecule has 4 rings (SSSR count). The number of nitrogens with one attached hydrogen (secondary N) is 1. The minimum Gasteiger partial charge on any atom is -0.296 e. The fourth-order valence-corrected chi connectivity index (χ4v) is 2.87. The number of hydrogen-bond acceptors (Lipinski definition) is 3. The second kappa shape index (κ2) is 5.65. The monoisotopic (exact) mass is 339 g/mol. The first-order valence-corrected chi connectivity index (χ1v) is 7.94. The first kappa shape index (κ1) is 14.7. The van der Waals surface area contributed by atoms with Crippen LogP contribution >= 0.6 is 11.6 Å². The number of aromatic amines is 1. The molecule has 7 heteroatoms. The van der Waals surface area contributed by atoms with Gasteiger partial charge in [-0.05, 0) is 30.7 Å². The van der Waals surface area contributed by atoms with E-state index in [1.807, 2.05) is 43.5 Å². The van der Waals surface area contributed by atoms with Crippen LogP contribution in [0.4, 0.5) is 0 Å². The number of hydrogen-bond donors (Lipinski definition) is 1. The summed E-state index contributed by atoms with van der Waals surface area (Å²) in [5.41, 5.74) is 3.16. The lowest BCUT2D eigenvalue weighted by Gasteiger charge is -2.01. The molecule has 0 atom stereocenters. The van der Waals surface area contributed by atoms with Gasteiger partial charge in [-0.1, -0.05) is 23.7 Å². The molecule has 24 heavy (non-hydrogen) atoms. The van der Waals surface area contributed by atoms with Crippen molar-refractivity contribution >= 4 is 17.2 Å². The van der Waals surface area contributed by atoms with E-state index in [-0.39, 0.29) is 5.56 Å². The normalized spacial score (nSPS) is 11.2. The number of halogens is 1. The molecule has 1 aromatic carbocycles. The summed E-state index contributed by atoms with van der Waals surface area (Å²) in [5, 5.41) is 7.98. The van der Waals surface area contributed by atoms with Crippen molar-refractivity contribution in [1.29, 1.82) is 0 Å². The lowest BCUT2D eigenvalue weighted by molar-refractivity contribution is 0.661. The molecule has 120 valence electrons. The van der Waals surface area contributed by atoms with Crippen molar-refractivity contribution in [3.8, 4) is 22.4 Å². The van der Waals surface area contributed by atoms with E-state index in [4.69, 9.17) is 11.6 Å². The third-order valence-electron chi connectivity index (χ3n) is 3.92. The molecule has 0 aliphatic carbocycles. The van der Waals surface area contributed by atoms with Crippen LogP contribution in [0.1, 0.15) is 6.92 Å². The Hall–Kier alpha value is -2.86. The van der Waals surface area contributed by atoms with Crippen molar-refractivity contribution in [2.75, 3.05) is 0 Å². The molecule has 0 amide bonds. The van der Waals surface area contributed by atoms with Crippen molar-refractivity contribution in [3.05, 3.63) is 64.3 Å². The summed E-state index contributed by atoms with van der Waals surface area (Å²) in [6.07, 6.45) is 5.17. The van der Waals surface area contributed by atoms with Crippen molar-refractivity contribution in [3.63, 3.8) is 0 Å². The molecule has 4 aromatic rings. The Morgan fingerprint density at radius 1 is 1.25 bits per heavy atom. The van der Waals surface area contributed by atoms with E-state index in [9.17, 15) is 4.79 Å². The van der Waals surface area contributed by atoms with Crippen LogP contribution in [0.2, 0.25) is 5.02 Å². The second-order valence-electron chi connectivity index (χ2n) is 5.39. The second-order valence-corrected chi connectivity index (χ2v) is 5.83. The largest absolute Gasteiger partial charge is 0.296 e. The van der Waals surface area contributed by atoms with Gasteiger partial charge >= 0.3 is 0 Å². The minimum atomic E-state index is -0.186. The van der Waals surface area contributed by atoms with Gasteiger partial charge in [0, 0.05) is 35.7 Å². The molecule has 1 N–H and O–H groups in total. The van der Waals surface area contributed by atoms with E-state index in [2.05, 4.69) is 15.2 Å². The maximum Gasteiger partial charge on any atom is 0.282 e. The number of fused-ring (bicyclic) bond motifs is 1. The molecule has 0 unspecified atom stereocenters. The summed E-state index contributed by atoms with van der Waals surface area (Å²) >= 11 is 6.06. The van der Waals surface area contributed by atoms with Gasteiger partial charge in [-0.15, -0.1) is 0 Å². The highest BCUT2D eigenvalue weighted by Gasteiger charge is 2.14. The Bertz CT molecular complexity index is 1090. The standard InChI is InChI=1S/C17H14ClN5O/c1-2-22-7-6-15(21-22)14-9-19-16-13(10-20-23(16)17(14)24)11-4-3-5-12(18)8-11/h3-10,20H,2H2,1H3. The first-order chi connectivity index (χ1) is 11.7. The Kier molecular flexibility index (Phi) is 3.46. The Labute approximate surface area is 142 Å². The van der Waals surface area contributed by atoms with Crippen molar-refractivity contribution in [2.45, 2.75) is 13.5 Å². The maximum absolute atomic E-state index is 12.8. The molecule has 0 saturated heterocycles. The zero-order chi connectivity index (χ0) is 16.7. The lowest BCUT2D eigenvalue weighted by Crippen LogP contribution is -2.17. The summed E-state index contributed by atoms with van der Waals surface area (Å²) in [6, 6.07) is 9.26. The molecule has 0 radical (unpaired) electrons. The summed E-state index contributed by atoms with van der Waals surface area (Å²) < 4.78 is 3.20. The predicted molar refractivity (Wildman–Crippen MR) is 93.2 cm³/mol. The molecule has 0 saturated carbocycles. The van der Waals surface area contributed by atoms with E-state index in [0.29, 0.717) is 21.9 Å². The quantitative estimate of drug-likeness (QED) is 0.623. The summed E-state index contributed by atoms with van der Waals surface area (Å²) in [6.45, 7) is 2.74. The van der Waals surface area contributed by atoms with E-state index < -0.39 is 0 Å². The van der Waals surface area contributed by atoms with Gasteiger partial charge < -0.3 is 0 Å². The number of rotatable bonds is 3. The molecule has 0 spiro atoms. The molecular formula is C17H14ClN5O. The Morgan fingerprint density at radius 3 is 2.88 bits per heavy atom. The number of nitrogens with zero attached hydrogens (tertiary/aromatic N) is 4. The molecule has 0 aliphatic rings.